The van der Waals surface area contributed by atoms with E-state index in [0.29, 0.717) is 18.1 Å². The van der Waals surface area contributed by atoms with E-state index in [2.05, 4.69) is 24.1 Å². The Morgan fingerprint density at radius 3 is 2.56 bits per heavy atom. The summed E-state index contributed by atoms with van der Waals surface area (Å²) in [7, 11) is -0.824. The van der Waals surface area contributed by atoms with Crippen molar-refractivity contribution < 1.29 is 8.42 Å². The molecular formula is C11H24N2O2S. The van der Waals surface area contributed by atoms with E-state index in [1.165, 1.54) is 0 Å². The highest BCUT2D eigenvalue weighted by Crippen LogP contribution is 2.17. The molecule has 0 atom stereocenters. The van der Waals surface area contributed by atoms with Crippen molar-refractivity contribution in [1.29, 1.82) is 0 Å². The third kappa shape index (κ3) is 4.80. The molecule has 0 aromatic carbocycles. The fourth-order valence-electron chi connectivity index (χ4n) is 2.29. The third-order valence-electron chi connectivity index (χ3n) is 2.96. The zero-order valence-electron chi connectivity index (χ0n) is 10.6. The molecule has 0 saturated carbocycles. The Morgan fingerprint density at radius 2 is 1.94 bits per heavy atom. The van der Waals surface area contributed by atoms with Gasteiger partial charge in [0.15, 0.2) is 9.84 Å². The van der Waals surface area contributed by atoms with Gasteiger partial charge in [-0.15, -0.1) is 0 Å². The predicted octanol–water partition coefficient (Wildman–Crippen LogP) is 0.353. The second-order valence-corrected chi connectivity index (χ2v) is 7.78. The van der Waals surface area contributed by atoms with Gasteiger partial charge in [-0.05, 0) is 25.4 Å². The van der Waals surface area contributed by atoms with Gasteiger partial charge in [0.25, 0.3) is 0 Å². The van der Waals surface area contributed by atoms with Crippen LogP contribution in [0.3, 0.4) is 0 Å². The molecule has 0 amide bonds. The summed E-state index contributed by atoms with van der Waals surface area (Å²) in [4.78, 5) is 2.28. The third-order valence-corrected chi connectivity index (χ3v) is 4.67. The number of nitrogens with one attached hydrogen (secondary N) is 1. The van der Waals surface area contributed by atoms with Gasteiger partial charge in [0.05, 0.1) is 11.5 Å². The Balaban J connectivity index is 2.50. The van der Waals surface area contributed by atoms with Crippen molar-refractivity contribution in [3.05, 3.63) is 0 Å². The molecule has 1 fully saturated rings. The van der Waals surface area contributed by atoms with Gasteiger partial charge in [-0.3, -0.25) is 0 Å². The van der Waals surface area contributed by atoms with Crippen LogP contribution in [0.25, 0.3) is 0 Å². The van der Waals surface area contributed by atoms with E-state index in [1.807, 2.05) is 7.05 Å². The number of nitrogens with zero attached hydrogens (tertiary/aromatic N) is 1. The van der Waals surface area contributed by atoms with Crippen LogP contribution in [0.1, 0.15) is 20.3 Å². The van der Waals surface area contributed by atoms with Crippen molar-refractivity contribution in [3.63, 3.8) is 0 Å². The highest BCUT2D eigenvalue weighted by molar-refractivity contribution is 7.91. The summed E-state index contributed by atoms with van der Waals surface area (Å²) < 4.78 is 22.9. The van der Waals surface area contributed by atoms with E-state index in [1.54, 1.807) is 0 Å². The maximum Gasteiger partial charge on any atom is 0.151 e. The Morgan fingerprint density at radius 1 is 1.25 bits per heavy atom. The summed E-state index contributed by atoms with van der Waals surface area (Å²) in [5, 5.41) is 3.18. The summed E-state index contributed by atoms with van der Waals surface area (Å²) in [5.41, 5.74) is 0.197. The molecule has 0 aliphatic carbocycles. The maximum atomic E-state index is 11.5. The summed E-state index contributed by atoms with van der Waals surface area (Å²) in [6, 6.07) is 0. The van der Waals surface area contributed by atoms with Crippen molar-refractivity contribution in [2.45, 2.75) is 20.3 Å². The van der Waals surface area contributed by atoms with Crippen LogP contribution in [0.15, 0.2) is 0 Å². The fraction of sp³-hybridized carbons (Fsp3) is 1.00. The number of hydrogen-bond acceptors (Lipinski definition) is 4. The molecule has 1 heterocycles. The second kappa shape index (κ2) is 5.47. The monoisotopic (exact) mass is 248 g/mol. The average Bonchev–Trinajstić information content (AvgIpc) is 2.27. The Labute approximate surface area is 99.3 Å². The van der Waals surface area contributed by atoms with E-state index in [4.69, 9.17) is 0 Å². The fourth-order valence-corrected chi connectivity index (χ4v) is 3.60. The molecule has 0 aromatic rings. The molecule has 1 aliphatic rings. The molecule has 4 nitrogen and oxygen atoms in total. The van der Waals surface area contributed by atoms with Gasteiger partial charge < -0.3 is 10.2 Å². The molecular weight excluding hydrogens is 224 g/mol. The molecule has 96 valence electrons. The van der Waals surface area contributed by atoms with Gasteiger partial charge in [-0.25, -0.2) is 8.42 Å². The minimum absolute atomic E-state index is 0.197. The van der Waals surface area contributed by atoms with Crippen LogP contribution < -0.4 is 5.32 Å². The van der Waals surface area contributed by atoms with E-state index in [0.717, 1.165) is 26.1 Å². The Kier molecular flexibility index (Phi) is 4.76. The SMILES string of the molecule is CNCC(C)(C)CN1CCCS(=O)(=O)CC1. The highest BCUT2D eigenvalue weighted by Gasteiger charge is 2.24. The van der Waals surface area contributed by atoms with Crippen molar-refractivity contribution in [3.8, 4) is 0 Å². The molecule has 0 unspecified atom stereocenters. The zero-order valence-corrected chi connectivity index (χ0v) is 11.4. The lowest BCUT2D eigenvalue weighted by molar-refractivity contribution is 0.187. The van der Waals surface area contributed by atoms with Crippen LogP contribution in [-0.4, -0.2) is 58.1 Å². The lowest BCUT2D eigenvalue weighted by Crippen LogP contribution is -2.40. The molecule has 5 heteroatoms. The van der Waals surface area contributed by atoms with E-state index in [9.17, 15) is 8.42 Å². The first kappa shape index (κ1) is 13.9. The largest absolute Gasteiger partial charge is 0.319 e. The van der Waals surface area contributed by atoms with Gasteiger partial charge in [0.1, 0.15) is 0 Å². The van der Waals surface area contributed by atoms with Crippen molar-refractivity contribution in [2.75, 3.05) is 44.7 Å². The quantitative estimate of drug-likeness (QED) is 0.780. The lowest BCUT2D eigenvalue weighted by atomic mass is 9.92. The van der Waals surface area contributed by atoms with E-state index in [-0.39, 0.29) is 5.41 Å². The summed E-state index contributed by atoms with van der Waals surface area (Å²) in [6.07, 6.45) is 0.776. The molecule has 1 N–H and O–H groups in total. The van der Waals surface area contributed by atoms with Gasteiger partial charge in [-0.2, -0.15) is 0 Å². The van der Waals surface area contributed by atoms with Gasteiger partial charge in [0.2, 0.25) is 0 Å². The molecule has 0 aromatic heterocycles. The van der Waals surface area contributed by atoms with E-state index < -0.39 is 9.84 Å². The maximum absolute atomic E-state index is 11.5. The number of rotatable bonds is 4. The number of hydrogen-bond donors (Lipinski definition) is 1. The topological polar surface area (TPSA) is 49.4 Å². The smallest absolute Gasteiger partial charge is 0.151 e. The van der Waals surface area contributed by atoms with Crippen molar-refractivity contribution in [1.82, 2.24) is 10.2 Å². The lowest BCUT2D eigenvalue weighted by Gasteiger charge is -2.31. The van der Waals surface area contributed by atoms with Crippen LogP contribution in [0.4, 0.5) is 0 Å². The first-order valence-corrected chi connectivity index (χ1v) is 7.74. The Bertz CT molecular complexity index is 312. The molecule has 0 bridgehead atoms. The first-order valence-electron chi connectivity index (χ1n) is 5.92. The van der Waals surface area contributed by atoms with Crippen molar-refractivity contribution in [2.24, 2.45) is 5.41 Å². The highest BCUT2D eigenvalue weighted by atomic mass is 32.2. The predicted molar refractivity (Wildman–Crippen MR) is 67.4 cm³/mol. The normalized spacial score (nSPS) is 22.9. The van der Waals surface area contributed by atoms with Crippen LogP contribution in [0.2, 0.25) is 0 Å². The van der Waals surface area contributed by atoms with Crippen LogP contribution >= 0.6 is 0 Å². The van der Waals surface area contributed by atoms with Gasteiger partial charge in [0, 0.05) is 19.6 Å². The van der Waals surface area contributed by atoms with Crippen molar-refractivity contribution >= 4 is 9.84 Å². The van der Waals surface area contributed by atoms with Crippen LogP contribution in [-0.2, 0) is 9.84 Å². The average molecular weight is 248 g/mol. The van der Waals surface area contributed by atoms with Crippen LogP contribution in [0, 0.1) is 5.41 Å². The standard InChI is InChI=1S/C11H24N2O2S/c1-11(2,9-12-3)10-13-5-4-7-16(14,15)8-6-13/h12H,4-10H2,1-3H3. The summed E-state index contributed by atoms with van der Waals surface area (Å²) >= 11 is 0. The van der Waals surface area contributed by atoms with E-state index >= 15 is 0 Å². The minimum atomic E-state index is -2.78. The molecule has 1 aliphatic heterocycles. The summed E-state index contributed by atoms with van der Waals surface area (Å²) in [6.45, 7) is 7.94. The molecule has 1 saturated heterocycles. The molecule has 0 radical (unpaired) electrons. The molecule has 16 heavy (non-hydrogen) atoms. The van der Waals surface area contributed by atoms with Gasteiger partial charge in [-0.1, -0.05) is 13.8 Å². The zero-order chi connectivity index (χ0) is 12.2. The minimum Gasteiger partial charge on any atom is -0.319 e. The Hall–Kier alpha value is -0.130. The van der Waals surface area contributed by atoms with Crippen LogP contribution in [0.5, 0.6) is 0 Å². The molecule has 0 spiro atoms. The van der Waals surface area contributed by atoms with Gasteiger partial charge >= 0.3 is 0 Å². The molecule has 1 rings (SSSR count). The second-order valence-electron chi connectivity index (χ2n) is 5.48. The number of sulfone groups is 1. The summed E-state index contributed by atoms with van der Waals surface area (Å²) in [5.74, 6) is 0.679. The first-order chi connectivity index (χ1) is 7.35.